The first-order valence-electron chi connectivity index (χ1n) is 8.02. The van der Waals surface area contributed by atoms with E-state index in [1.165, 1.54) is 5.69 Å². The number of benzene rings is 1. The van der Waals surface area contributed by atoms with Gasteiger partial charge >= 0.3 is 0 Å². The Balaban J connectivity index is 2.01. The largest absolute Gasteiger partial charge is 0.494 e. The standard InChI is InChI=1S/C17H28N4O2/c1-14(18-2)19-16-6-5-15(13-17(16)23-4)21-9-7-20(8-10-21)11-12-22-3/h5-6,13H,7-12H2,1-4H3,(H,18,19). The second kappa shape index (κ2) is 8.74. The fourth-order valence-corrected chi connectivity index (χ4v) is 2.68. The van der Waals surface area contributed by atoms with Crippen LogP contribution in [0.5, 0.6) is 5.75 Å². The van der Waals surface area contributed by atoms with E-state index in [1.807, 2.05) is 6.92 Å². The Morgan fingerprint density at radius 2 is 1.96 bits per heavy atom. The second-order valence-corrected chi connectivity index (χ2v) is 5.64. The number of rotatable bonds is 6. The molecule has 1 saturated heterocycles. The number of aliphatic imine (C=N–C) groups is 1. The van der Waals surface area contributed by atoms with Crippen molar-refractivity contribution in [1.29, 1.82) is 0 Å². The summed E-state index contributed by atoms with van der Waals surface area (Å²) in [4.78, 5) is 8.97. The summed E-state index contributed by atoms with van der Waals surface area (Å²) in [6, 6.07) is 6.29. The van der Waals surface area contributed by atoms with Gasteiger partial charge in [0.25, 0.3) is 0 Å². The minimum absolute atomic E-state index is 0.798. The first-order chi connectivity index (χ1) is 11.2. The van der Waals surface area contributed by atoms with Gasteiger partial charge in [-0.1, -0.05) is 0 Å². The molecule has 1 N–H and O–H groups in total. The van der Waals surface area contributed by atoms with Crippen LogP contribution in [0, 0.1) is 0 Å². The number of ether oxygens (including phenoxy) is 2. The lowest BCUT2D eigenvalue weighted by atomic mass is 10.2. The van der Waals surface area contributed by atoms with Crippen molar-refractivity contribution in [2.45, 2.75) is 6.92 Å². The number of anilines is 2. The summed E-state index contributed by atoms with van der Waals surface area (Å²) in [6.07, 6.45) is 0. The molecule has 0 aromatic heterocycles. The molecule has 0 aliphatic carbocycles. The molecule has 1 fully saturated rings. The van der Waals surface area contributed by atoms with Crippen LogP contribution in [0.2, 0.25) is 0 Å². The van der Waals surface area contributed by atoms with Crippen LogP contribution in [0.4, 0.5) is 11.4 Å². The van der Waals surface area contributed by atoms with Crippen molar-refractivity contribution < 1.29 is 9.47 Å². The van der Waals surface area contributed by atoms with E-state index in [-0.39, 0.29) is 0 Å². The Morgan fingerprint density at radius 3 is 2.57 bits per heavy atom. The smallest absolute Gasteiger partial charge is 0.144 e. The SMILES string of the molecule is CN=C(C)Nc1ccc(N2CCN(CCOC)CC2)cc1OC. The van der Waals surface area contributed by atoms with E-state index in [2.05, 4.69) is 38.3 Å². The van der Waals surface area contributed by atoms with Gasteiger partial charge in [0.2, 0.25) is 0 Å². The van der Waals surface area contributed by atoms with Crippen LogP contribution in [0.1, 0.15) is 6.92 Å². The topological polar surface area (TPSA) is 49.3 Å². The lowest BCUT2D eigenvalue weighted by Crippen LogP contribution is -2.47. The van der Waals surface area contributed by atoms with E-state index in [9.17, 15) is 0 Å². The summed E-state index contributed by atoms with van der Waals surface area (Å²) in [6.45, 7) is 7.91. The zero-order chi connectivity index (χ0) is 16.7. The third-order valence-electron chi connectivity index (χ3n) is 4.19. The predicted octanol–water partition coefficient (Wildman–Crippen LogP) is 1.92. The van der Waals surface area contributed by atoms with Gasteiger partial charge in [0.15, 0.2) is 0 Å². The fraction of sp³-hybridized carbons (Fsp3) is 0.588. The van der Waals surface area contributed by atoms with Crippen molar-refractivity contribution >= 4 is 17.2 Å². The maximum atomic E-state index is 5.53. The van der Waals surface area contributed by atoms with Crippen molar-refractivity contribution in [2.75, 3.05) is 70.8 Å². The lowest BCUT2D eigenvalue weighted by Gasteiger charge is -2.36. The molecule has 0 spiro atoms. The number of nitrogens with zero attached hydrogens (tertiary/aromatic N) is 3. The van der Waals surface area contributed by atoms with E-state index in [0.717, 1.165) is 56.6 Å². The summed E-state index contributed by atoms with van der Waals surface area (Å²) in [5, 5.41) is 3.26. The highest BCUT2D eigenvalue weighted by Gasteiger charge is 2.18. The van der Waals surface area contributed by atoms with Crippen LogP contribution in [-0.2, 0) is 4.74 Å². The van der Waals surface area contributed by atoms with Gasteiger partial charge in [0.05, 0.1) is 25.2 Å². The number of amidine groups is 1. The molecule has 0 radical (unpaired) electrons. The molecule has 6 nitrogen and oxygen atoms in total. The monoisotopic (exact) mass is 320 g/mol. The minimum Gasteiger partial charge on any atom is -0.494 e. The molecule has 0 saturated carbocycles. The van der Waals surface area contributed by atoms with Gasteiger partial charge in [-0.3, -0.25) is 9.89 Å². The minimum atomic E-state index is 0.798. The number of piperazine rings is 1. The summed E-state index contributed by atoms with van der Waals surface area (Å²) in [5.74, 6) is 1.70. The van der Waals surface area contributed by atoms with E-state index in [0.29, 0.717) is 0 Å². The number of nitrogens with one attached hydrogen (secondary N) is 1. The van der Waals surface area contributed by atoms with E-state index in [4.69, 9.17) is 9.47 Å². The van der Waals surface area contributed by atoms with Gasteiger partial charge in [0.1, 0.15) is 5.75 Å². The molecule has 1 heterocycles. The average molecular weight is 320 g/mol. The predicted molar refractivity (Wildman–Crippen MR) is 96.2 cm³/mol. The van der Waals surface area contributed by atoms with E-state index < -0.39 is 0 Å². The first kappa shape index (κ1) is 17.6. The molecule has 2 rings (SSSR count). The summed E-state index contributed by atoms with van der Waals surface area (Å²) < 4.78 is 10.7. The maximum Gasteiger partial charge on any atom is 0.144 e. The molecule has 1 aromatic rings. The highest BCUT2D eigenvalue weighted by Crippen LogP contribution is 2.30. The van der Waals surface area contributed by atoms with Crippen molar-refractivity contribution in [3.63, 3.8) is 0 Å². The van der Waals surface area contributed by atoms with Crippen molar-refractivity contribution in [1.82, 2.24) is 4.90 Å². The molecular formula is C17H28N4O2. The average Bonchev–Trinajstić information content (AvgIpc) is 2.60. The third-order valence-corrected chi connectivity index (χ3v) is 4.19. The molecule has 128 valence electrons. The van der Waals surface area contributed by atoms with E-state index in [1.54, 1.807) is 21.3 Å². The molecule has 0 unspecified atom stereocenters. The maximum absolute atomic E-state index is 5.53. The molecule has 1 aliphatic heterocycles. The summed E-state index contributed by atoms with van der Waals surface area (Å²) in [5.41, 5.74) is 2.14. The lowest BCUT2D eigenvalue weighted by molar-refractivity contribution is 0.144. The highest BCUT2D eigenvalue weighted by atomic mass is 16.5. The number of hydrogen-bond acceptors (Lipinski definition) is 5. The Morgan fingerprint density at radius 1 is 1.22 bits per heavy atom. The fourth-order valence-electron chi connectivity index (χ4n) is 2.68. The van der Waals surface area contributed by atoms with Crippen LogP contribution >= 0.6 is 0 Å². The van der Waals surface area contributed by atoms with Gasteiger partial charge in [-0.25, -0.2) is 0 Å². The molecule has 0 bridgehead atoms. The second-order valence-electron chi connectivity index (χ2n) is 5.64. The van der Waals surface area contributed by atoms with Gasteiger partial charge in [-0.15, -0.1) is 0 Å². The normalized spacial score (nSPS) is 16.5. The van der Waals surface area contributed by atoms with Crippen LogP contribution in [-0.4, -0.2) is 71.3 Å². The Hall–Kier alpha value is -1.79. The van der Waals surface area contributed by atoms with Crippen LogP contribution < -0.4 is 15.0 Å². The van der Waals surface area contributed by atoms with Crippen LogP contribution in [0.25, 0.3) is 0 Å². The zero-order valence-electron chi connectivity index (χ0n) is 14.6. The molecule has 0 atom stereocenters. The third kappa shape index (κ3) is 4.84. The Bertz CT molecular complexity index is 525. The highest BCUT2D eigenvalue weighted by molar-refractivity contribution is 5.95. The first-order valence-corrected chi connectivity index (χ1v) is 8.02. The van der Waals surface area contributed by atoms with Crippen molar-refractivity contribution in [3.8, 4) is 5.75 Å². The van der Waals surface area contributed by atoms with Crippen molar-refractivity contribution in [2.24, 2.45) is 4.99 Å². The van der Waals surface area contributed by atoms with Gasteiger partial charge in [0, 0.05) is 58.6 Å². The number of methoxy groups -OCH3 is 2. The van der Waals surface area contributed by atoms with Gasteiger partial charge in [-0.05, 0) is 19.1 Å². The zero-order valence-corrected chi connectivity index (χ0v) is 14.6. The molecule has 1 aliphatic rings. The molecule has 0 amide bonds. The van der Waals surface area contributed by atoms with Gasteiger partial charge < -0.3 is 19.7 Å². The molecule has 6 heteroatoms. The molecule has 23 heavy (non-hydrogen) atoms. The number of hydrogen-bond donors (Lipinski definition) is 1. The van der Waals surface area contributed by atoms with Crippen molar-refractivity contribution in [3.05, 3.63) is 18.2 Å². The molecular weight excluding hydrogens is 292 g/mol. The summed E-state index contributed by atoms with van der Waals surface area (Å²) in [7, 11) is 5.22. The summed E-state index contributed by atoms with van der Waals surface area (Å²) >= 11 is 0. The van der Waals surface area contributed by atoms with Crippen LogP contribution in [0.3, 0.4) is 0 Å². The van der Waals surface area contributed by atoms with Gasteiger partial charge in [-0.2, -0.15) is 0 Å². The van der Waals surface area contributed by atoms with Crippen LogP contribution in [0.15, 0.2) is 23.2 Å². The quantitative estimate of drug-likeness (QED) is 0.641. The molecule has 1 aromatic carbocycles. The Labute approximate surface area is 139 Å². The Kier molecular flexibility index (Phi) is 6.67. The van der Waals surface area contributed by atoms with E-state index >= 15 is 0 Å².